The van der Waals surface area contributed by atoms with Gasteiger partial charge >= 0.3 is 6.03 Å². The predicted molar refractivity (Wildman–Crippen MR) is 25.6 cm³/mol. The van der Waals surface area contributed by atoms with Crippen LogP contribution >= 0.6 is 0 Å². The third-order valence-electron chi connectivity index (χ3n) is 0.142. The number of amides is 2. The Balaban J connectivity index is 0. The summed E-state index contributed by atoms with van der Waals surface area (Å²) in [5.74, 6) is 4.45. The Kier molecular flexibility index (Phi) is 11.3. The summed E-state index contributed by atoms with van der Waals surface area (Å²) in [6.45, 7) is -0.250. The van der Waals surface area contributed by atoms with E-state index < -0.39 is 6.03 Å². The van der Waals surface area contributed by atoms with Gasteiger partial charge in [-0.3, -0.25) is 10.2 Å². The van der Waals surface area contributed by atoms with Gasteiger partial charge in [0.25, 0.3) is 6.47 Å². The van der Waals surface area contributed by atoms with E-state index in [9.17, 15) is 4.79 Å². The summed E-state index contributed by atoms with van der Waals surface area (Å²) in [7, 11) is 0. The maximum atomic E-state index is 9.35. The number of nitrogens with two attached hydrogens (primary N) is 2. The van der Waals surface area contributed by atoms with Crippen molar-refractivity contribution in [3.63, 3.8) is 0 Å². The molecule has 0 bridgehead atoms. The topological polar surface area (TPSA) is 118 Å². The average Bonchev–Trinajstić information content (AvgIpc) is 1.69. The van der Waals surface area contributed by atoms with E-state index >= 15 is 0 Å². The number of hydrogen-bond donors (Lipinski definition) is 4. The predicted octanol–water partition coefficient (Wildman–Crippen LogP) is -1.77. The van der Waals surface area contributed by atoms with Crippen molar-refractivity contribution < 1.29 is 14.7 Å². The monoisotopic (exact) mass is 121 g/mol. The fourth-order valence-corrected chi connectivity index (χ4v) is 0. The lowest BCUT2D eigenvalue weighted by atomic mass is 11.2. The Hall–Kier alpha value is -1.30. The number of carbonyl (C=O) groups is 2. The molecule has 0 saturated heterocycles. The Labute approximate surface area is 45.4 Å². The quantitative estimate of drug-likeness (QED) is 0.131. The highest BCUT2D eigenvalue weighted by Crippen LogP contribution is 1.34. The summed E-state index contributed by atoms with van der Waals surface area (Å²) in [6, 6.07) is -0.718. The van der Waals surface area contributed by atoms with Gasteiger partial charge in [-0.25, -0.2) is 10.6 Å². The van der Waals surface area contributed by atoms with Crippen LogP contribution in [0.4, 0.5) is 4.79 Å². The summed E-state index contributed by atoms with van der Waals surface area (Å²) in [4.78, 5) is 17.7. The summed E-state index contributed by atoms with van der Waals surface area (Å²) < 4.78 is 0. The standard InChI is InChI=1S/CH5N3O.CH2O2/c2-1(5)4-3;2-1-3/h3H2,(H3,2,4,5);1H,(H,2,3). The molecule has 0 aromatic carbocycles. The van der Waals surface area contributed by atoms with Crippen molar-refractivity contribution in [1.82, 2.24) is 5.43 Å². The Morgan fingerprint density at radius 2 is 1.88 bits per heavy atom. The Bertz CT molecular complexity index is 72.9. The van der Waals surface area contributed by atoms with Crippen molar-refractivity contribution in [3.05, 3.63) is 0 Å². The molecule has 48 valence electrons. The van der Waals surface area contributed by atoms with Gasteiger partial charge < -0.3 is 10.8 Å². The van der Waals surface area contributed by atoms with Crippen molar-refractivity contribution in [2.24, 2.45) is 11.6 Å². The minimum atomic E-state index is -0.718. The zero-order chi connectivity index (χ0) is 6.99. The molecule has 6 nitrogen and oxygen atoms in total. The Morgan fingerprint density at radius 3 is 1.88 bits per heavy atom. The van der Waals surface area contributed by atoms with Gasteiger partial charge in [0.2, 0.25) is 0 Å². The van der Waals surface area contributed by atoms with Gasteiger partial charge in [-0.05, 0) is 0 Å². The first-order valence-corrected chi connectivity index (χ1v) is 1.53. The molecule has 0 aromatic rings. The van der Waals surface area contributed by atoms with E-state index in [1.165, 1.54) is 0 Å². The second-order valence-corrected chi connectivity index (χ2v) is 0.614. The number of hydrogen-bond acceptors (Lipinski definition) is 3. The number of carbonyl (C=O) groups excluding carboxylic acids is 1. The van der Waals surface area contributed by atoms with Crippen LogP contribution < -0.4 is 17.0 Å². The van der Waals surface area contributed by atoms with Crippen molar-refractivity contribution in [2.75, 3.05) is 0 Å². The highest BCUT2D eigenvalue weighted by Gasteiger charge is 1.73. The fraction of sp³-hybridized carbons (Fsp3) is 0. The van der Waals surface area contributed by atoms with E-state index in [0.29, 0.717) is 0 Å². The van der Waals surface area contributed by atoms with Gasteiger partial charge in [-0.1, -0.05) is 0 Å². The summed E-state index contributed by atoms with van der Waals surface area (Å²) in [5.41, 5.74) is 6.08. The minimum Gasteiger partial charge on any atom is -0.483 e. The highest BCUT2D eigenvalue weighted by atomic mass is 16.3. The van der Waals surface area contributed by atoms with Crippen molar-refractivity contribution >= 4 is 12.5 Å². The van der Waals surface area contributed by atoms with Crippen LogP contribution in [0.25, 0.3) is 0 Å². The largest absolute Gasteiger partial charge is 0.483 e. The number of rotatable bonds is 0. The van der Waals surface area contributed by atoms with Crippen molar-refractivity contribution in [1.29, 1.82) is 0 Å². The molecule has 0 atom stereocenters. The third kappa shape index (κ3) is 131. The summed E-state index contributed by atoms with van der Waals surface area (Å²) in [5, 5.41) is 6.89. The molecule has 0 fully saturated rings. The molecule has 8 heavy (non-hydrogen) atoms. The highest BCUT2D eigenvalue weighted by molar-refractivity contribution is 5.70. The molecule has 0 radical (unpaired) electrons. The minimum absolute atomic E-state index is 0.250. The van der Waals surface area contributed by atoms with E-state index in [1.54, 1.807) is 5.43 Å². The first kappa shape index (κ1) is 9.85. The molecule has 0 rings (SSSR count). The van der Waals surface area contributed by atoms with E-state index in [2.05, 4.69) is 11.6 Å². The van der Waals surface area contributed by atoms with Gasteiger partial charge in [0, 0.05) is 0 Å². The van der Waals surface area contributed by atoms with Crippen LogP contribution in [0.3, 0.4) is 0 Å². The van der Waals surface area contributed by atoms with E-state index in [-0.39, 0.29) is 6.47 Å². The number of nitrogens with one attached hydrogen (secondary N) is 1. The smallest absolute Gasteiger partial charge is 0.326 e. The third-order valence-corrected chi connectivity index (χ3v) is 0.142. The average molecular weight is 121 g/mol. The molecule has 0 aliphatic heterocycles. The van der Waals surface area contributed by atoms with Gasteiger partial charge in [-0.2, -0.15) is 0 Å². The van der Waals surface area contributed by atoms with Gasteiger partial charge in [0.05, 0.1) is 0 Å². The van der Waals surface area contributed by atoms with Crippen LogP contribution in [0.15, 0.2) is 0 Å². The Morgan fingerprint density at radius 1 is 1.75 bits per heavy atom. The van der Waals surface area contributed by atoms with Crippen LogP contribution in [-0.2, 0) is 4.79 Å². The number of carboxylic acid groups (broad SMARTS) is 1. The maximum absolute atomic E-state index is 9.35. The molecule has 0 aromatic heterocycles. The molecule has 0 spiro atoms. The molecular formula is C2H7N3O3. The zero-order valence-electron chi connectivity index (χ0n) is 4.00. The summed E-state index contributed by atoms with van der Waals surface area (Å²) >= 11 is 0. The normalized spacial score (nSPS) is 5.62. The van der Waals surface area contributed by atoms with Crippen molar-refractivity contribution in [2.45, 2.75) is 0 Å². The first-order chi connectivity index (χ1) is 3.68. The number of primary amides is 1. The van der Waals surface area contributed by atoms with Gasteiger partial charge in [0.1, 0.15) is 0 Å². The van der Waals surface area contributed by atoms with E-state index in [4.69, 9.17) is 9.90 Å². The lowest BCUT2D eigenvalue weighted by molar-refractivity contribution is -0.122. The van der Waals surface area contributed by atoms with Crippen LogP contribution in [0, 0.1) is 0 Å². The molecule has 0 aliphatic carbocycles. The van der Waals surface area contributed by atoms with Gasteiger partial charge in [-0.15, -0.1) is 0 Å². The lowest BCUT2D eigenvalue weighted by Gasteiger charge is -1.81. The van der Waals surface area contributed by atoms with Crippen LogP contribution in [0.2, 0.25) is 0 Å². The van der Waals surface area contributed by atoms with Crippen molar-refractivity contribution in [3.8, 4) is 0 Å². The van der Waals surface area contributed by atoms with E-state index in [0.717, 1.165) is 0 Å². The van der Waals surface area contributed by atoms with Crippen LogP contribution in [0.5, 0.6) is 0 Å². The molecule has 6 N–H and O–H groups in total. The molecule has 2 amide bonds. The molecule has 0 heterocycles. The van der Waals surface area contributed by atoms with Gasteiger partial charge in [0.15, 0.2) is 0 Å². The molecule has 0 saturated carbocycles. The van der Waals surface area contributed by atoms with E-state index in [1.807, 2.05) is 0 Å². The number of hydrazine groups is 1. The second kappa shape index (κ2) is 9.20. The number of urea groups is 1. The van der Waals surface area contributed by atoms with Crippen LogP contribution in [-0.4, -0.2) is 17.6 Å². The summed E-state index contributed by atoms with van der Waals surface area (Å²) in [6.07, 6.45) is 0. The SMILES string of the molecule is NNC(N)=O.O=CO. The molecular weight excluding hydrogens is 114 g/mol. The zero-order valence-corrected chi connectivity index (χ0v) is 4.00. The second-order valence-electron chi connectivity index (χ2n) is 0.614. The molecule has 0 aliphatic rings. The van der Waals surface area contributed by atoms with Crippen LogP contribution in [0.1, 0.15) is 0 Å². The lowest BCUT2D eigenvalue weighted by Crippen LogP contribution is -2.34. The molecule has 6 heteroatoms. The first-order valence-electron chi connectivity index (χ1n) is 1.53. The molecule has 0 unspecified atom stereocenters. The maximum Gasteiger partial charge on any atom is 0.326 e. The fourth-order valence-electron chi connectivity index (χ4n) is 0.